The molecule has 3 aliphatic rings. The first-order chi connectivity index (χ1) is 27.8. The summed E-state index contributed by atoms with van der Waals surface area (Å²) in [7, 11) is 0. The Labute approximate surface area is 321 Å². The van der Waals surface area contributed by atoms with E-state index < -0.39 is 0 Å². The van der Waals surface area contributed by atoms with Gasteiger partial charge in [-0.15, -0.1) is 0 Å². The number of para-hydroxylation sites is 3. The van der Waals surface area contributed by atoms with Crippen molar-refractivity contribution in [1.29, 1.82) is 0 Å². The number of benzene rings is 6. The second-order valence-electron chi connectivity index (χ2n) is 14.9. The summed E-state index contributed by atoms with van der Waals surface area (Å²) >= 11 is 0. The zero-order chi connectivity index (χ0) is 36.5. The number of rotatable bonds is 3. The van der Waals surface area contributed by atoms with Crippen molar-refractivity contribution in [1.82, 2.24) is 24.8 Å². The van der Waals surface area contributed by atoms with E-state index in [4.69, 9.17) is 9.40 Å². The topological polar surface area (TPSA) is 63.2 Å². The lowest BCUT2D eigenvalue weighted by Gasteiger charge is -2.32. The van der Waals surface area contributed by atoms with Gasteiger partial charge in [-0.2, -0.15) is 0 Å². The van der Waals surface area contributed by atoms with Gasteiger partial charge >= 0.3 is 0 Å². The number of anilines is 1. The van der Waals surface area contributed by atoms with Gasteiger partial charge in [-0.1, -0.05) is 91.0 Å². The molecule has 1 atom stereocenters. The quantitative estimate of drug-likeness (QED) is 0.190. The van der Waals surface area contributed by atoms with Crippen molar-refractivity contribution in [2.24, 2.45) is 0 Å². The van der Waals surface area contributed by atoms with Crippen molar-refractivity contribution in [2.45, 2.75) is 6.17 Å². The van der Waals surface area contributed by atoms with Crippen LogP contribution >= 0.6 is 0 Å². The summed E-state index contributed by atoms with van der Waals surface area (Å²) in [5.74, 6) is 1.68. The second-order valence-corrected chi connectivity index (χ2v) is 14.9. The highest BCUT2D eigenvalue weighted by atomic mass is 16.4. The van der Waals surface area contributed by atoms with Gasteiger partial charge in [0.1, 0.15) is 17.5 Å². The van der Waals surface area contributed by atoms with E-state index in [2.05, 4.69) is 182 Å². The highest BCUT2D eigenvalue weighted by Crippen LogP contribution is 2.53. The minimum atomic E-state index is -0.0389. The van der Waals surface area contributed by atoms with E-state index in [0.717, 1.165) is 68.6 Å². The maximum absolute atomic E-state index is 6.73. The SMILES string of the molecule is C1=CC2=C(CN1)NC1c3ccccc3-c3c(oc4ccc(-n5c6ccccc6c6cc(-c7ccc8c(c7)c7ccccc7n8-c7ccccc7)ccc65)nc34)N21. The molecule has 4 aromatic heterocycles. The number of dihydropyridines is 1. The summed E-state index contributed by atoms with van der Waals surface area (Å²) in [4.78, 5) is 7.75. The van der Waals surface area contributed by atoms with E-state index in [1.165, 1.54) is 49.3 Å². The van der Waals surface area contributed by atoms with E-state index >= 15 is 0 Å². The molecule has 7 nitrogen and oxygen atoms in total. The number of hydrogen-bond donors (Lipinski definition) is 2. The van der Waals surface area contributed by atoms with Crippen LogP contribution in [0.3, 0.4) is 0 Å². The van der Waals surface area contributed by atoms with Gasteiger partial charge in [0.25, 0.3) is 0 Å². The maximum Gasteiger partial charge on any atom is 0.212 e. The predicted molar refractivity (Wildman–Crippen MR) is 226 cm³/mol. The Kier molecular flexibility index (Phi) is 5.88. The van der Waals surface area contributed by atoms with Crippen molar-refractivity contribution in [3.8, 4) is 33.8 Å². The van der Waals surface area contributed by atoms with E-state index in [1.54, 1.807) is 0 Å². The molecule has 0 amide bonds. The Morgan fingerprint density at radius 3 is 2.05 bits per heavy atom. The van der Waals surface area contributed by atoms with Gasteiger partial charge in [-0.3, -0.25) is 9.47 Å². The molecule has 0 radical (unpaired) electrons. The van der Waals surface area contributed by atoms with Gasteiger partial charge in [0.2, 0.25) is 5.88 Å². The summed E-state index contributed by atoms with van der Waals surface area (Å²) in [5.41, 5.74) is 15.5. The monoisotopic (exact) mass is 720 g/mol. The number of hydrogen-bond acceptors (Lipinski definition) is 5. The van der Waals surface area contributed by atoms with Crippen LogP contribution in [0.25, 0.3) is 88.5 Å². The molecule has 13 rings (SSSR count). The standard InChI is InChI=1S/C49H32N6O/c1-2-10-31(11-3-1)53-39-16-8-6-12-32(39)36-26-29(18-20-41(36)53)30-19-21-42-37(27-30)33-13-7-9-17-40(33)54(42)45-23-22-44-47(52-45)46-34-14-4-5-15-35(34)48-51-38-28-50-25-24-43(38)55(48)49(46)56-44/h1-27,48,50-51H,28H2. The molecule has 7 heteroatoms. The van der Waals surface area contributed by atoms with Crippen molar-refractivity contribution >= 4 is 60.6 Å². The molecule has 0 spiro atoms. The Hall–Kier alpha value is -7.51. The Bertz CT molecular complexity index is 3360. The third-order valence-electron chi connectivity index (χ3n) is 11.9. The number of pyridine rings is 1. The van der Waals surface area contributed by atoms with Crippen LogP contribution in [0.1, 0.15) is 11.7 Å². The molecule has 3 aliphatic heterocycles. The highest BCUT2D eigenvalue weighted by Gasteiger charge is 2.42. The van der Waals surface area contributed by atoms with Crippen molar-refractivity contribution in [3.63, 3.8) is 0 Å². The van der Waals surface area contributed by atoms with Crippen molar-refractivity contribution < 1.29 is 4.42 Å². The third-order valence-corrected chi connectivity index (χ3v) is 11.9. The highest BCUT2D eigenvalue weighted by molar-refractivity contribution is 6.13. The molecule has 56 heavy (non-hydrogen) atoms. The van der Waals surface area contributed by atoms with Gasteiger partial charge in [0.15, 0.2) is 5.58 Å². The molecule has 7 heterocycles. The number of nitrogens with zero attached hydrogens (tertiary/aromatic N) is 4. The molecule has 0 fully saturated rings. The average molecular weight is 721 g/mol. The first kappa shape index (κ1) is 29.9. The molecule has 0 saturated carbocycles. The molecule has 0 saturated heterocycles. The molecule has 10 aromatic rings. The zero-order valence-electron chi connectivity index (χ0n) is 30.1. The molecule has 0 aliphatic carbocycles. The summed E-state index contributed by atoms with van der Waals surface area (Å²) in [5, 5.41) is 12.0. The molecule has 0 bridgehead atoms. The Balaban J connectivity index is 0.982. The fourth-order valence-corrected chi connectivity index (χ4v) is 9.51. The summed E-state index contributed by atoms with van der Waals surface area (Å²) in [6.45, 7) is 0.752. The fraction of sp³-hybridized carbons (Fsp3) is 0.0408. The molecule has 264 valence electrons. The van der Waals surface area contributed by atoms with Crippen LogP contribution in [0.2, 0.25) is 0 Å². The molecule has 1 unspecified atom stereocenters. The lowest BCUT2D eigenvalue weighted by Crippen LogP contribution is -2.32. The van der Waals surface area contributed by atoms with Gasteiger partial charge in [-0.25, -0.2) is 4.98 Å². The van der Waals surface area contributed by atoms with Crippen LogP contribution in [0, 0.1) is 0 Å². The fourth-order valence-electron chi connectivity index (χ4n) is 9.51. The molecular formula is C49H32N6O. The van der Waals surface area contributed by atoms with Crippen LogP contribution in [0.15, 0.2) is 180 Å². The first-order valence-electron chi connectivity index (χ1n) is 19.1. The minimum absolute atomic E-state index is 0.0389. The Morgan fingerprint density at radius 2 is 1.27 bits per heavy atom. The third kappa shape index (κ3) is 3.98. The average Bonchev–Trinajstić information content (AvgIpc) is 4.01. The number of allylic oxidation sites excluding steroid dienone is 1. The molecule has 6 aromatic carbocycles. The van der Waals surface area contributed by atoms with Gasteiger partial charge in [-0.05, 0) is 89.6 Å². The van der Waals surface area contributed by atoms with Gasteiger partial charge in [0.05, 0.1) is 45.6 Å². The number of nitrogens with one attached hydrogen (secondary N) is 2. The van der Waals surface area contributed by atoms with E-state index in [9.17, 15) is 0 Å². The van der Waals surface area contributed by atoms with E-state index in [-0.39, 0.29) is 6.17 Å². The summed E-state index contributed by atoms with van der Waals surface area (Å²) in [6, 6.07) is 54.5. The number of furan rings is 1. The summed E-state index contributed by atoms with van der Waals surface area (Å²) in [6.07, 6.45) is 4.10. The predicted octanol–water partition coefficient (Wildman–Crippen LogP) is 11.1. The molecular weight excluding hydrogens is 689 g/mol. The molecule has 2 N–H and O–H groups in total. The van der Waals surface area contributed by atoms with Crippen molar-refractivity contribution in [2.75, 3.05) is 11.4 Å². The lowest BCUT2D eigenvalue weighted by atomic mass is 9.94. The van der Waals surface area contributed by atoms with Crippen LogP contribution < -0.4 is 15.5 Å². The zero-order valence-corrected chi connectivity index (χ0v) is 30.1. The van der Waals surface area contributed by atoms with Crippen LogP contribution in [-0.4, -0.2) is 20.7 Å². The number of fused-ring (bicyclic) bond motifs is 15. The largest absolute Gasteiger partial charge is 0.438 e. The second kappa shape index (κ2) is 11.0. The van der Waals surface area contributed by atoms with Crippen LogP contribution in [0.4, 0.5) is 5.88 Å². The Morgan fingerprint density at radius 1 is 0.607 bits per heavy atom. The van der Waals surface area contributed by atoms with Gasteiger partial charge in [0, 0.05) is 32.8 Å². The summed E-state index contributed by atoms with van der Waals surface area (Å²) < 4.78 is 11.4. The smallest absolute Gasteiger partial charge is 0.212 e. The van der Waals surface area contributed by atoms with Gasteiger partial charge < -0.3 is 19.6 Å². The van der Waals surface area contributed by atoms with Crippen molar-refractivity contribution in [3.05, 3.63) is 181 Å². The lowest BCUT2D eigenvalue weighted by molar-refractivity contribution is 0.549. The first-order valence-corrected chi connectivity index (χ1v) is 19.1. The van der Waals surface area contributed by atoms with Crippen LogP contribution in [0.5, 0.6) is 0 Å². The van der Waals surface area contributed by atoms with E-state index in [0.29, 0.717) is 0 Å². The van der Waals surface area contributed by atoms with Crippen LogP contribution in [-0.2, 0) is 0 Å². The number of aromatic nitrogens is 3. The maximum atomic E-state index is 6.73. The normalized spacial score (nSPS) is 15.7. The van der Waals surface area contributed by atoms with E-state index in [1.807, 2.05) is 6.20 Å². The minimum Gasteiger partial charge on any atom is -0.438 e.